The van der Waals surface area contributed by atoms with Crippen molar-refractivity contribution < 1.29 is 43.2 Å². The zero-order valence-corrected chi connectivity index (χ0v) is 35.4. The van der Waals surface area contributed by atoms with Crippen LogP contribution in [0.15, 0.2) is 60.7 Å². The Morgan fingerprint density at radius 2 is 1.14 bits per heavy atom. The molecule has 0 bridgehead atoms. The fraction of sp³-hybridized carbons (Fsp3) is 0.660. The predicted molar refractivity (Wildman–Crippen MR) is 232 cm³/mol. The van der Waals surface area contributed by atoms with Gasteiger partial charge in [0.15, 0.2) is 12.2 Å². The number of rotatable bonds is 17. The van der Waals surface area contributed by atoms with E-state index in [1.165, 1.54) is 78.4 Å². The lowest BCUT2D eigenvalue weighted by atomic mass is 9.91. The minimum atomic E-state index is -0.818. The summed E-state index contributed by atoms with van der Waals surface area (Å²) in [6.45, 7) is 4.18. The Bertz CT molecular complexity index is 1440. The number of unbranched alkanes of at least 4 members (excludes halogenated alkanes) is 2. The number of esters is 2. The van der Waals surface area contributed by atoms with Crippen molar-refractivity contribution in [3.05, 3.63) is 71.8 Å². The van der Waals surface area contributed by atoms with Gasteiger partial charge < -0.3 is 40.4 Å². The van der Waals surface area contributed by atoms with Crippen molar-refractivity contribution in [3.63, 3.8) is 0 Å². The third-order valence-corrected chi connectivity index (χ3v) is 10.9. The highest BCUT2D eigenvalue weighted by Gasteiger charge is 2.45. The number of carboxylic acids is 1. The van der Waals surface area contributed by atoms with Crippen LogP contribution in [0.25, 0.3) is 0 Å². The maximum Gasteiger partial charge on any atom is 0.335 e. The molecular weight excluding hydrogens is 751 g/mol. The Balaban J connectivity index is 0.000000283. The number of epoxide rings is 2. The largest absolute Gasteiger partial charge is 0.479 e. The average Bonchev–Trinajstić information content (AvgIpc) is 4.20. The van der Waals surface area contributed by atoms with Gasteiger partial charge in [0.2, 0.25) is 0 Å². The molecule has 6 atom stereocenters. The van der Waals surface area contributed by atoms with Crippen LogP contribution in [0.1, 0.15) is 135 Å². The highest BCUT2D eigenvalue weighted by atomic mass is 16.6. The van der Waals surface area contributed by atoms with E-state index < -0.39 is 36.2 Å². The average molecular weight is 826 g/mol. The molecule has 0 unspecified atom stereocenters. The highest BCUT2D eigenvalue weighted by Crippen LogP contribution is 2.28. The van der Waals surface area contributed by atoms with Crippen molar-refractivity contribution in [2.45, 2.75) is 185 Å². The SMILES string of the molecule is C.C1CCC(NC2CCCCC2)CC1.CCCC[C@H]1O[C@@H]1C(=O)N[C@@H](Cc1ccccc1)C(=O)OC.CCCC[C@H]1O[C@@H]1C(=O)O.COC(=O)[C@@H](N)Cc1ccccc1. The van der Waals surface area contributed by atoms with Gasteiger partial charge in [0.25, 0.3) is 5.91 Å². The molecule has 2 aromatic carbocycles. The first-order chi connectivity index (χ1) is 28.1. The molecule has 2 aliphatic heterocycles. The van der Waals surface area contributed by atoms with Gasteiger partial charge in [-0.2, -0.15) is 0 Å². The summed E-state index contributed by atoms with van der Waals surface area (Å²) < 4.78 is 19.6. The minimum absolute atomic E-state index is 0. The van der Waals surface area contributed by atoms with Crippen LogP contribution in [0.5, 0.6) is 0 Å². The van der Waals surface area contributed by atoms with Crippen LogP contribution in [-0.4, -0.2) is 91.7 Å². The maximum atomic E-state index is 12.2. The van der Waals surface area contributed by atoms with Crippen molar-refractivity contribution in [1.82, 2.24) is 10.6 Å². The van der Waals surface area contributed by atoms with Crippen LogP contribution < -0.4 is 16.4 Å². The van der Waals surface area contributed by atoms with Crippen molar-refractivity contribution >= 4 is 23.8 Å². The van der Waals surface area contributed by atoms with E-state index in [1.807, 2.05) is 60.7 Å². The summed E-state index contributed by atoms with van der Waals surface area (Å²) in [6, 6.07) is 19.7. The lowest BCUT2D eigenvalue weighted by molar-refractivity contribution is -0.145. The normalized spacial score (nSPS) is 21.7. The van der Waals surface area contributed by atoms with E-state index >= 15 is 0 Å². The molecule has 2 saturated heterocycles. The third kappa shape index (κ3) is 20.8. The second-order valence-corrected chi connectivity index (χ2v) is 15.7. The summed E-state index contributed by atoms with van der Waals surface area (Å²) in [5, 5.41) is 15.0. The maximum absolute atomic E-state index is 12.2. The smallest absolute Gasteiger partial charge is 0.335 e. The third-order valence-electron chi connectivity index (χ3n) is 10.9. The number of ether oxygens (including phenoxy) is 4. The molecule has 0 spiro atoms. The molecular formula is C47H75N3O9. The van der Waals surface area contributed by atoms with E-state index in [4.69, 9.17) is 25.1 Å². The standard InChI is InChI=1S/C17H23NO4.C12H23N.C10H13NO2.C7H12O3.CH4/c1-3-4-10-14-15(22-14)16(19)18-13(17(20)21-2)11-12-8-6-5-7-9-12;1-3-7-11(8-4-1)13-12-9-5-2-6-10-12;1-13-10(12)9(11)7-8-5-3-2-4-6-8;1-2-3-4-5-6(10-5)7(8)9;/h5-9,13-15H,3-4,10-11H2,1-2H3,(H,18,19);11-13H,1-10H2;2-6,9H,7,11H2,1H3;5-6H,2-4H2,1H3,(H,8,9);1H4/t13-,14+,15-;;9-;5-,6+;/m0.01./s1. The number of hydrogen-bond acceptors (Lipinski definition) is 10. The van der Waals surface area contributed by atoms with Crippen molar-refractivity contribution in [1.29, 1.82) is 0 Å². The quantitative estimate of drug-likeness (QED) is 0.0917. The lowest BCUT2D eigenvalue weighted by Gasteiger charge is -2.30. The van der Waals surface area contributed by atoms with Gasteiger partial charge in [0, 0.05) is 18.5 Å². The van der Waals surface area contributed by atoms with Crippen LogP contribution in [0.3, 0.4) is 0 Å². The van der Waals surface area contributed by atoms with Crippen LogP contribution in [0.2, 0.25) is 0 Å². The summed E-state index contributed by atoms with van der Waals surface area (Å²) in [6.07, 6.45) is 20.7. The molecule has 1 amide bonds. The number of nitrogens with two attached hydrogens (primary N) is 1. The number of aliphatic carboxylic acids is 1. The molecule has 59 heavy (non-hydrogen) atoms. The first kappa shape index (κ1) is 51.3. The number of carboxylic acid groups (broad SMARTS) is 1. The molecule has 12 heteroatoms. The summed E-state index contributed by atoms with van der Waals surface area (Å²) in [4.78, 5) is 45.2. The summed E-state index contributed by atoms with van der Waals surface area (Å²) in [5.41, 5.74) is 7.60. The first-order valence-electron chi connectivity index (χ1n) is 21.7. The van der Waals surface area contributed by atoms with Crippen LogP contribution in [-0.2, 0) is 51.0 Å². The van der Waals surface area contributed by atoms with E-state index in [0.717, 1.165) is 61.7 Å². The van der Waals surface area contributed by atoms with Gasteiger partial charge in [-0.1, -0.05) is 146 Å². The van der Waals surface area contributed by atoms with Crippen molar-refractivity contribution in [2.24, 2.45) is 5.73 Å². The van der Waals surface area contributed by atoms with Gasteiger partial charge in [0.05, 0.1) is 26.4 Å². The molecule has 6 rings (SSSR count). The fourth-order valence-electron chi connectivity index (χ4n) is 7.40. The van der Waals surface area contributed by atoms with E-state index in [-0.39, 0.29) is 31.5 Å². The van der Waals surface area contributed by atoms with Gasteiger partial charge in [-0.3, -0.25) is 9.59 Å². The van der Waals surface area contributed by atoms with E-state index in [1.54, 1.807) is 0 Å². The van der Waals surface area contributed by atoms with Crippen LogP contribution in [0.4, 0.5) is 0 Å². The molecule has 2 aliphatic carbocycles. The number of methoxy groups -OCH3 is 2. The van der Waals surface area contributed by atoms with Crippen molar-refractivity contribution in [2.75, 3.05) is 14.2 Å². The van der Waals surface area contributed by atoms with Gasteiger partial charge in [-0.15, -0.1) is 0 Å². The highest BCUT2D eigenvalue weighted by molar-refractivity contribution is 5.88. The molecule has 2 aromatic rings. The Labute approximate surface area is 354 Å². The van der Waals surface area contributed by atoms with E-state index in [9.17, 15) is 19.2 Å². The minimum Gasteiger partial charge on any atom is -0.479 e. The molecule has 4 fully saturated rings. The number of nitrogens with one attached hydrogen (secondary N) is 2. The van der Waals surface area contributed by atoms with Gasteiger partial charge in [-0.25, -0.2) is 9.59 Å². The molecule has 2 saturated carbocycles. The van der Waals surface area contributed by atoms with Gasteiger partial charge in [-0.05, 0) is 56.1 Å². The zero-order valence-electron chi connectivity index (χ0n) is 35.4. The summed E-state index contributed by atoms with van der Waals surface area (Å²) >= 11 is 0. The van der Waals surface area contributed by atoms with Crippen molar-refractivity contribution in [3.8, 4) is 0 Å². The Morgan fingerprint density at radius 1 is 0.695 bits per heavy atom. The lowest BCUT2D eigenvalue weighted by Crippen LogP contribution is -2.45. The second kappa shape index (κ2) is 29.4. The topological polar surface area (TPSA) is 182 Å². The number of carbonyl (C=O) groups is 4. The van der Waals surface area contributed by atoms with E-state index in [2.05, 4.69) is 29.2 Å². The van der Waals surface area contributed by atoms with Crippen LogP contribution >= 0.6 is 0 Å². The monoisotopic (exact) mass is 826 g/mol. The zero-order chi connectivity index (χ0) is 42.1. The summed E-state index contributed by atoms with van der Waals surface area (Å²) in [5.74, 6) is -1.86. The second-order valence-electron chi connectivity index (χ2n) is 15.7. The first-order valence-corrected chi connectivity index (χ1v) is 21.7. The number of amides is 1. The molecule has 0 radical (unpaired) electrons. The molecule has 0 aromatic heterocycles. The Kier molecular flexibility index (Phi) is 25.6. The molecule has 12 nitrogen and oxygen atoms in total. The van der Waals surface area contributed by atoms with E-state index in [0.29, 0.717) is 12.8 Å². The fourth-order valence-corrected chi connectivity index (χ4v) is 7.40. The van der Waals surface area contributed by atoms with Gasteiger partial charge >= 0.3 is 17.9 Å². The molecule has 332 valence electrons. The number of benzene rings is 2. The predicted octanol–water partition coefficient (Wildman–Crippen LogP) is 7.48. The van der Waals surface area contributed by atoms with Crippen LogP contribution in [0, 0.1) is 0 Å². The number of hydrogen-bond donors (Lipinski definition) is 4. The molecule has 2 heterocycles. The Morgan fingerprint density at radius 3 is 1.56 bits per heavy atom. The molecule has 4 aliphatic rings. The number of carbonyl (C=O) groups excluding carboxylic acids is 3. The Hall–Kier alpha value is -3.84. The molecule has 5 N–H and O–H groups in total. The van der Waals surface area contributed by atoms with Gasteiger partial charge in [0.1, 0.15) is 12.1 Å². The summed E-state index contributed by atoms with van der Waals surface area (Å²) in [7, 11) is 2.66.